The van der Waals surface area contributed by atoms with Crippen LogP contribution in [0.2, 0.25) is 0 Å². The molecule has 6 nitrogen and oxygen atoms in total. The third-order valence-electron chi connectivity index (χ3n) is 5.19. The fourth-order valence-corrected chi connectivity index (χ4v) is 3.54. The second-order valence-corrected chi connectivity index (χ2v) is 7.20. The van der Waals surface area contributed by atoms with E-state index in [9.17, 15) is 4.79 Å². The number of aryl methyl sites for hydroxylation is 1. The fraction of sp³-hybridized carbons (Fsp3) is 0.304. The van der Waals surface area contributed by atoms with Crippen LogP contribution in [-0.2, 0) is 4.74 Å². The Kier molecular flexibility index (Phi) is 6.03. The van der Waals surface area contributed by atoms with E-state index in [0.29, 0.717) is 17.8 Å². The molecule has 2 aromatic carbocycles. The van der Waals surface area contributed by atoms with Gasteiger partial charge in [0.05, 0.1) is 24.5 Å². The van der Waals surface area contributed by atoms with Gasteiger partial charge >= 0.3 is 0 Å². The van der Waals surface area contributed by atoms with E-state index in [1.54, 1.807) is 4.68 Å². The average molecular weight is 390 g/mol. The number of nitrogens with zero attached hydrogens (tertiary/aromatic N) is 3. The van der Waals surface area contributed by atoms with Gasteiger partial charge in [0.1, 0.15) is 5.69 Å². The Hall–Kier alpha value is -2.96. The number of morpholine rings is 1. The SMILES string of the molecule is Cc1ccccc1-n1cc(C(=O)NCCN2CCOCC2)c(-c2ccccc2)n1. The summed E-state index contributed by atoms with van der Waals surface area (Å²) in [5.41, 5.74) is 4.28. The smallest absolute Gasteiger partial charge is 0.255 e. The minimum atomic E-state index is -0.100. The van der Waals surface area contributed by atoms with Gasteiger partial charge in [-0.1, -0.05) is 48.5 Å². The van der Waals surface area contributed by atoms with Crippen LogP contribution < -0.4 is 5.32 Å². The largest absolute Gasteiger partial charge is 0.379 e. The van der Waals surface area contributed by atoms with Crippen molar-refractivity contribution < 1.29 is 9.53 Å². The Labute approximate surface area is 171 Å². The molecule has 2 heterocycles. The van der Waals surface area contributed by atoms with E-state index in [-0.39, 0.29) is 5.91 Å². The molecule has 0 spiro atoms. The second kappa shape index (κ2) is 9.03. The molecule has 0 radical (unpaired) electrons. The highest BCUT2D eigenvalue weighted by Gasteiger charge is 2.19. The van der Waals surface area contributed by atoms with Crippen LogP contribution >= 0.6 is 0 Å². The highest BCUT2D eigenvalue weighted by Crippen LogP contribution is 2.24. The molecular weight excluding hydrogens is 364 g/mol. The zero-order valence-corrected chi connectivity index (χ0v) is 16.7. The van der Waals surface area contributed by atoms with Gasteiger partial charge in [0, 0.05) is 37.9 Å². The summed E-state index contributed by atoms with van der Waals surface area (Å²) in [5.74, 6) is -0.100. The van der Waals surface area contributed by atoms with Crippen molar-refractivity contribution in [3.63, 3.8) is 0 Å². The maximum atomic E-state index is 13.0. The van der Waals surface area contributed by atoms with Gasteiger partial charge in [0.15, 0.2) is 0 Å². The molecule has 0 unspecified atom stereocenters. The van der Waals surface area contributed by atoms with Gasteiger partial charge in [-0.2, -0.15) is 5.10 Å². The lowest BCUT2D eigenvalue weighted by Gasteiger charge is -2.26. The fourth-order valence-electron chi connectivity index (χ4n) is 3.54. The van der Waals surface area contributed by atoms with Crippen LogP contribution in [0.5, 0.6) is 0 Å². The van der Waals surface area contributed by atoms with Gasteiger partial charge in [-0.25, -0.2) is 4.68 Å². The van der Waals surface area contributed by atoms with Gasteiger partial charge in [-0.3, -0.25) is 9.69 Å². The van der Waals surface area contributed by atoms with Gasteiger partial charge in [0.25, 0.3) is 5.91 Å². The Bertz CT molecular complexity index is 962. The minimum Gasteiger partial charge on any atom is -0.379 e. The molecule has 29 heavy (non-hydrogen) atoms. The first-order valence-corrected chi connectivity index (χ1v) is 10.0. The molecular formula is C23H26N4O2. The van der Waals surface area contributed by atoms with E-state index >= 15 is 0 Å². The highest BCUT2D eigenvalue weighted by atomic mass is 16.5. The molecule has 1 amide bonds. The lowest BCUT2D eigenvalue weighted by Crippen LogP contribution is -2.41. The maximum absolute atomic E-state index is 13.0. The van der Waals surface area contributed by atoms with Crippen LogP contribution in [0.1, 0.15) is 15.9 Å². The Morgan fingerprint density at radius 2 is 1.79 bits per heavy atom. The summed E-state index contributed by atoms with van der Waals surface area (Å²) in [6, 6.07) is 17.9. The summed E-state index contributed by atoms with van der Waals surface area (Å²) in [6.07, 6.45) is 1.83. The number of aromatic nitrogens is 2. The van der Waals surface area contributed by atoms with Gasteiger partial charge in [-0.15, -0.1) is 0 Å². The third kappa shape index (κ3) is 4.55. The number of carbonyl (C=O) groups excluding carboxylic acids is 1. The first kappa shape index (κ1) is 19.4. The summed E-state index contributed by atoms with van der Waals surface area (Å²) in [6.45, 7) is 6.81. The molecule has 0 saturated carbocycles. The molecule has 4 rings (SSSR count). The van der Waals surface area contributed by atoms with E-state index < -0.39 is 0 Å². The van der Waals surface area contributed by atoms with Crippen LogP contribution in [-0.4, -0.2) is 60.0 Å². The van der Waals surface area contributed by atoms with E-state index in [1.807, 2.05) is 67.7 Å². The van der Waals surface area contributed by atoms with E-state index in [2.05, 4.69) is 10.2 Å². The molecule has 150 valence electrons. The molecule has 0 aliphatic carbocycles. The number of benzene rings is 2. The Balaban J connectivity index is 1.57. The van der Waals surface area contributed by atoms with Crippen molar-refractivity contribution in [3.05, 3.63) is 71.9 Å². The summed E-state index contributed by atoms with van der Waals surface area (Å²) in [7, 11) is 0. The van der Waals surface area contributed by atoms with Gasteiger partial charge < -0.3 is 10.1 Å². The van der Waals surface area contributed by atoms with Crippen molar-refractivity contribution in [1.82, 2.24) is 20.0 Å². The van der Waals surface area contributed by atoms with E-state index in [1.165, 1.54) is 0 Å². The third-order valence-corrected chi connectivity index (χ3v) is 5.19. The first-order chi connectivity index (χ1) is 14.2. The topological polar surface area (TPSA) is 59.4 Å². The molecule has 0 bridgehead atoms. The van der Waals surface area contributed by atoms with Crippen molar-refractivity contribution in [2.45, 2.75) is 6.92 Å². The molecule has 1 aromatic heterocycles. The second-order valence-electron chi connectivity index (χ2n) is 7.20. The average Bonchev–Trinajstić information content (AvgIpc) is 3.21. The van der Waals surface area contributed by atoms with Crippen molar-refractivity contribution >= 4 is 5.91 Å². The van der Waals surface area contributed by atoms with Crippen molar-refractivity contribution in [2.75, 3.05) is 39.4 Å². The van der Waals surface area contributed by atoms with Crippen molar-refractivity contribution in [3.8, 4) is 16.9 Å². The molecule has 1 saturated heterocycles. The van der Waals surface area contributed by atoms with Crippen LogP contribution in [0.4, 0.5) is 0 Å². The standard InChI is InChI=1S/C23H26N4O2/c1-18-7-5-6-10-21(18)27-17-20(22(25-27)19-8-3-2-4-9-19)23(28)24-11-12-26-13-15-29-16-14-26/h2-10,17H,11-16H2,1H3,(H,24,28). The molecule has 1 N–H and O–H groups in total. The number of para-hydroxylation sites is 1. The zero-order valence-electron chi connectivity index (χ0n) is 16.7. The number of rotatable bonds is 6. The highest BCUT2D eigenvalue weighted by molar-refractivity contribution is 5.99. The molecule has 1 aliphatic rings. The molecule has 3 aromatic rings. The van der Waals surface area contributed by atoms with E-state index in [4.69, 9.17) is 9.84 Å². The zero-order chi connectivity index (χ0) is 20.1. The maximum Gasteiger partial charge on any atom is 0.255 e. The summed E-state index contributed by atoms with van der Waals surface area (Å²) in [4.78, 5) is 15.3. The number of ether oxygens (including phenoxy) is 1. The monoisotopic (exact) mass is 390 g/mol. The molecule has 1 fully saturated rings. The quantitative estimate of drug-likeness (QED) is 0.703. The molecule has 6 heteroatoms. The molecule has 1 aliphatic heterocycles. The number of nitrogens with one attached hydrogen (secondary N) is 1. The van der Waals surface area contributed by atoms with E-state index in [0.717, 1.165) is 49.7 Å². The first-order valence-electron chi connectivity index (χ1n) is 10.0. The van der Waals surface area contributed by atoms with Crippen molar-refractivity contribution in [1.29, 1.82) is 0 Å². The van der Waals surface area contributed by atoms with Crippen LogP contribution in [0.15, 0.2) is 60.8 Å². The lowest BCUT2D eigenvalue weighted by molar-refractivity contribution is 0.0383. The van der Waals surface area contributed by atoms with Crippen LogP contribution in [0.25, 0.3) is 16.9 Å². The van der Waals surface area contributed by atoms with Gasteiger partial charge in [0.2, 0.25) is 0 Å². The van der Waals surface area contributed by atoms with Gasteiger partial charge in [-0.05, 0) is 18.6 Å². The summed E-state index contributed by atoms with van der Waals surface area (Å²) in [5, 5.41) is 7.82. The summed E-state index contributed by atoms with van der Waals surface area (Å²) >= 11 is 0. The lowest BCUT2D eigenvalue weighted by atomic mass is 10.1. The number of carbonyl (C=O) groups is 1. The normalized spacial score (nSPS) is 14.7. The van der Waals surface area contributed by atoms with Crippen LogP contribution in [0, 0.1) is 6.92 Å². The molecule has 0 atom stereocenters. The minimum absolute atomic E-state index is 0.100. The summed E-state index contributed by atoms with van der Waals surface area (Å²) < 4.78 is 7.18. The van der Waals surface area contributed by atoms with Crippen molar-refractivity contribution in [2.24, 2.45) is 0 Å². The number of amides is 1. The van der Waals surface area contributed by atoms with Crippen LogP contribution in [0.3, 0.4) is 0 Å². The number of hydrogen-bond donors (Lipinski definition) is 1. The Morgan fingerprint density at radius 3 is 2.55 bits per heavy atom. The Morgan fingerprint density at radius 1 is 1.07 bits per heavy atom. The number of hydrogen-bond acceptors (Lipinski definition) is 4. The predicted molar refractivity (Wildman–Crippen MR) is 113 cm³/mol. The predicted octanol–water partition coefficient (Wildman–Crippen LogP) is 2.91.